The van der Waals surface area contributed by atoms with Gasteiger partial charge < -0.3 is 4.74 Å². The minimum absolute atomic E-state index is 0.166. The van der Waals surface area contributed by atoms with Crippen LogP contribution in [0, 0.1) is 0 Å². The van der Waals surface area contributed by atoms with E-state index in [2.05, 4.69) is 42.5 Å². The molecule has 0 aromatic heterocycles. The van der Waals surface area contributed by atoms with Crippen molar-refractivity contribution >= 4 is 27.5 Å². The fourth-order valence-electron chi connectivity index (χ4n) is 2.56. The van der Waals surface area contributed by atoms with Crippen LogP contribution in [-0.2, 0) is 9.53 Å². The molecular formula is C21H24O2. The lowest BCUT2D eigenvalue weighted by Gasteiger charge is -2.14. The Kier molecular flexibility index (Phi) is 5.75. The van der Waals surface area contributed by atoms with Gasteiger partial charge in [-0.15, -0.1) is 0 Å². The van der Waals surface area contributed by atoms with Crippen molar-refractivity contribution in [1.82, 2.24) is 0 Å². The molecule has 2 heteroatoms. The summed E-state index contributed by atoms with van der Waals surface area (Å²) in [5, 5.41) is 4.83. The maximum Gasteiger partial charge on any atom is 0.306 e. The van der Waals surface area contributed by atoms with Crippen LogP contribution in [0.3, 0.4) is 0 Å². The molecule has 0 spiro atoms. The molecule has 3 rings (SSSR count). The summed E-state index contributed by atoms with van der Waals surface area (Å²) in [6.45, 7) is 7.72. The smallest absolute Gasteiger partial charge is 0.306 e. The molecule has 0 saturated heterocycles. The van der Waals surface area contributed by atoms with Crippen molar-refractivity contribution in [2.24, 2.45) is 0 Å². The van der Waals surface area contributed by atoms with E-state index in [0.29, 0.717) is 6.42 Å². The van der Waals surface area contributed by atoms with Gasteiger partial charge in [0.2, 0.25) is 0 Å². The molecule has 2 nitrogen and oxygen atoms in total. The molecule has 0 fully saturated rings. The summed E-state index contributed by atoms with van der Waals surface area (Å²) >= 11 is 0. The first-order valence-electron chi connectivity index (χ1n) is 8.29. The average molecular weight is 308 g/mol. The van der Waals surface area contributed by atoms with Gasteiger partial charge in [-0.1, -0.05) is 57.2 Å². The van der Waals surface area contributed by atoms with Crippen molar-refractivity contribution in [3.63, 3.8) is 0 Å². The van der Waals surface area contributed by atoms with Crippen molar-refractivity contribution in [3.05, 3.63) is 60.2 Å². The predicted molar refractivity (Wildman–Crippen MR) is 97.6 cm³/mol. The minimum Gasteiger partial charge on any atom is -0.458 e. The Morgan fingerprint density at radius 1 is 0.913 bits per heavy atom. The number of hydrogen-bond donors (Lipinski definition) is 0. The predicted octanol–water partition coefficient (Wildman–Crippen LogP) is 6.03. The molecule has 1 atom stereocenters. The Morgan fingerprint density at radius 3 is 2.09 bits per heavy atom. The van der Waals surface area contributed by atoms with E-state index in [1.165, 1.54) is 21.5 Å². The second kappa shape index (κ2) is 7.77. The quantitative estimate of drug-likeness (QED) is 0.436. The van der Waals surface area contributed by atoms with Crippen molar-refractivity contribution in [1.29, 1.82) is 0 Å². The molecule has 0 aliphatic rings. The van der Waals surface area contributed by atoms with Gasteiger partial charge in [-0.3, -0.25) is 4.79 Å². The van der Waals surface area contributed by atoms with Crippen LogP contribution in [0.5, 0.6) is 0 Å². The minimum atomic E-state index is -0.215. The third-order valence-electron chi connectivity index (χ3n) is 3.80. The van der Waals surface area contributed by atoms with Gasteiger partial charge in [0.05, 0.1) is 0 Å². The molecule has 1 unspecified atom stereocenters. The lowest BCUT2D eigenvalue weighted by Crippen LogP contribution is -2.07. The van der Waals surface area contributed by atoms with E-state index >= 15 is 0 Å². The molecule has 0 N–H and O–H groups in total. The number of benzene rings is 3. The Bertz CT molecular complexity index is 805. The molecular weight excluding hydrogens is 284 g/mol. The van der Waals surface area contributed by atoms with Gasteiger partial charge in [0, 0.05) is 6.42 Å². The number of rotatable bonds is 3. The third kappa shape index (κ3) is 3.89. The molecule has 0 aliphatic carbocycles. The molecule has 0 aliphatic heterocycles. The fraction of sp³-hybridized carbons (Fsp3) is 0.286. The highest BCUT2D eigenvalue weighted by atomic mass is 16.5. The van der Waals surface area contributed by atoms with Crippen LogP contribution in [0.25, 0.3) is 21.5 Å². The first-order valence-corrected chi connectivity index (χ1v) is 8.29. The van der Waals surface area contributed by atoms with Gasteiger partial charge in [-0.2, -0.15) is 0 Å². The lowest BCUT2D eigenvalue weighted by molar-refractivity contribution is -0.148. The second-order valence-electron chi connectivity index (χ2n) is 5.29. The molecule has 0 amide bonds. The number of esters is 1. The molecule has 120 valence electrons. The van der Waals surface area contributed by atoms with Crippen molar-refractivity contribution < 1.29 is 9.53 Å². The molecule has 0 saturated carbocycles. The first kappa shape index (κ1) is 17.0. The summed E-state index contributed by atoms with van der Waals surface area (Å²) in [6.07, 6.45) is 0.191. The Labute approximate surface area is 138 Å². The van der Waals surface area contributed by atoms with Crippen molar-refractivity contribution in [2.45, 2.75) is 40.2 Å². The summed E-state index contributed by atoms with van der Waals surface area (Å²) < 4.78 is 5.38. The normalized spacial score (nSPS) is 11.7. The summed E-state index contributed by atoms with van der Waals surface area (Å²) in [5.74, 6) is -0.166. The highest BCUT2D eigenvalue weighted by molar-refractivity contribution is 5.98. The van der Waals surface area contributed by atoms with Gasteiger partial charge in [-0.25, -0.2) is 0 Å². The SMILES string of the molecule is CC.CCC(=O)OC(C)c1ccc2cc3ccccc3cc2c1. The number of fused-ring (bicyclic) bond motifs is 2. The monoisotopic (exact) mass is 308 g/mol. The molecule has 23 heavy (non-hydrogen) atoms. The fourth-order valence-corrected chi connectivity index (χ4v) is 2.56. The Balaban J connectivity index is 0.000000924. The molecule has 0 bridgehead atoms. The van der Waals surface area contributed by atoms with E-state index in [1.807, 2.05) is 39.8 Å². The molecule has 0 heterocycles. The lowest BCUT2D eigenvalue weighted by atomic mass is 10.0. The summed E-state index contributed by atoms with van der Waals surface area (Å²) in [6, 6.07) is 18.9. The van der Waals surface area contributed by atoms with Crippen LogP contribution < -0.4 is 0 Å². The van der Waals surface area contributed by atoms with Crippen molar-refractivity contribution in [3.8, 4) is 0 Å². The van der Waals surface area contributed by atoms with E-state index in [9.17, 15) is 4.79 Å². The van der Waals surface area contributed by atoms with Gasteiger partial charge in [-0.05, 0) is 52.2 Å². The van der Waals surface area contributed by atoms with Crippen LogP contribution in [0.1, 0.15) is 45.8 Å². The number of carbonyl (C=O) groups excluding carboxylic acids is 1. The number of hydrogen-bond acceptors (Lipinski definition) is 2. The van der Waals surface area contributed by atoms with Crippen LogP contribution in [-0.4, -0.2) is 5.97 Å². The van der Waals surface area contributed by atoms with E-state index in [-0.39, 0.29) is 12.1 Å². The first-order chi connectivity index (χ1) is 11.2. The van der Waals surface area contributed by atoms with Crippen molar-refractivity contribution in [2.75, 3.05) is 0 Å². The number of carbonyl (C=O) groups is 1. The van der Waals surface area contributed by atoms with Crippen LogP contribution in [0.2, 0.25) is 0 Å². The third-order valence-corrected chi connectivity index (χ3v) is 3.80. The van der Waals surface area contributed by atoms with E-state index in [1.54, 1.807) is 0 Å². The maximum atomic E-state index is 11.4. The van der Waals surface area contributed by atoms with Crippen LogP contribution in [0.4, 0.5) is 0 Å². The van der Waals surface area contributed by atoms with Crippen LogP contribution in [0.15, 0.2) is 54.6 Å². The average Bonchev–Trinajstić information content (AvgIpc) is 2.60. The van der Waals surface area contributed by atoms with Crippen LogP contribution >= 0.6 is 0 Å². The highest BCUT2D eigenvalue weighted by Crippen LogP contribution is 2.26. The summed E-state index contributed by atoms with van der Waals surface area (Å²) in [5.41, 5.74) is 1.03. The second-order valence-corrected chi connectivity index (χ2v) is 5.29. The Morgan fingerprint density at radius 2 is 1.48 bits per heavy atom. The zero-order valence-electron chi connectivity index (χ0n) is 14.3. The largest absolute Gasteiger partial charge is 0.458 e. The maximum absolute atomic E-state index is 11.4. The van der Waals surface area contributed by atoms with Gasteiger partial charge in [0.1, 0.15) is 6.10 Å². The summed E-state index contributed by atoms with van der Waals surface area (Å²) in [4.78, 5) is 11.4. The molecule has 0 radical (unpaired) electrons. The highest BCUT2D eigenvalue weighted by Gasteiger charge is 2.10. The zero-order chi connectivity index (χ0) is 16.8. The Hall–Kier alpha value is -2.35. The van der Waals surface area contributed by atoms with E-state index in [4.69, 9.17) is 4.74 Å². The number of ether oxygens (including phenoxy) is 1. The van der Waals surface area contributed by atoms with E-state index < -0.39 is 0 Å². The van der Waals surface area contributed by atoms with Gasteiger partial charge in [0.25, 0.3) is 0 Å². The zero-order valence-corrected chi connectivity index (χ0v) is 14.3. The van der Waals surface area contributed by atoms with Gasteiger partial charge >= 0.3 is 5.97 Å². The topological polar surface area (TPSA) is 26.3 Å². The van der Waals surface area contributed by atoms with Gasteiger partial charge in [0.15, 0.2) is 0 Å². The summed E-state index contributed by atoms with van der Waals surface area (Å²) in [7, 11) is 0. The molecule has 3 aromatic carbocycles. The molecule has 3 aromatic rings. The van der Waals surface area contributed by atoms with E-state index in [0.717, 1.165) is 5.56 Å². The standard InChI is InChI=1S/C19H18O2.C2H6/c1-3-19(20)21-13(2)14-8-9-17-11-15-6-4-5-7-16(15)12-18(17)10-14;1-2/h4-13H,3H2,1-2H3;1-2H3.